The van der Waals surface area contributed by atoms with Crippen molar-refractivity contribution in [3.63, 3.8) is 0 Å². The van der Waals surface area contributed by atoms with Gasteiger partial charge in [0.2, 0.25) is 0 Å². The molecule has 0 aliphatic carbocycles. The van der Waals surface area contributed by atoms with Crippen LogP contribution in [0.2, 0.25) is 0 Å². The molecule has 0 saturated carbocycles. The Morgan fingerprint density at radius 3 is 2.86 bits per heavy atom. The van der Waals surface area contributed by atoms with Gasteiger partial charge in [0.25, 0.3) is 5.91 Å². The van der Waals surface area contributed by atoms with E-state index < -0.39 is 0 Å². The van der Waals surface area contributed by atoms with Crippen molar-refractivity contribution in [1.82, 2.24) is 5.32 Å². The van der Waals surface area contributed by atoms with Crippen LogP contribution >= 0.6 is 0 Å². The van der Waals surface area contributed by atoms with Crippen molar-refractivity contribution < 1.29 is 9.53 Å². The maximum Gasteiger partial charge on any atom is 0.253 e. The fourth-order valence-electron chi connectivity index (χ4n) is 2.49. The second kappa shape index (κ2) is 6.94. The number of anilines is 1. The molecule has 2 rings (SSSR count). The smallest absolute Gasteiger partial charge is 0.253 e. The van der Waals surface area contributed by atoms with E-state index in [1.807, 2.05) is 26.1 Å². The van der Waals surface area contributed by atoms with Crippen LogP contribution in [-0.2, 0) is 4.74 Å². The number of nitrogens with zero attached hydrogens (tertiary/aromatic N) is 1. The Balaban J connectivity index is 2.12. The first kappa shape index (κ1) is 15.8. The van der Waals surface area contributed by atoms with E-state index in [2.05, 4.69) is 30.1 Å². The summed E-state index contributed by atoms with van der Waals surface area (Å²) in [6.45, 7) is 8.52. The van der Waals surface area contributed by atoms with E-state index in [0.717, 1.165) is 36.4 Å². The monoisotopic (exact) mass is 290 g/mol. The fourth-order valence-corrected chi connectivity index (χ4v) is 2.49. The van der Waals surface area contributed by atoms with Crippen molar-refractivity contribution in [3.8, 4) is 0 Å². The molecular formula is C17H26N2O2. The second-order valence-electron chi connectivity index (χ2n) is 6.16. The highest BCUT2D eigenvalue weighted by atomic mass is 16.5. The lowest BCUT2D eigenvalue weighted by Crippen LogP contribution is -2.33. The molecule has 1 N–H and O–H groups in total. The molecule has 1 atom stereocenters. The van der Waals surface area contributed by atoms with Gasteiger partial charge in [0.1, 0.15) is 0 Å². The summed E-state index contributed by atoms with van der Waals surface area (Å²) < 4.78 is 5.35. The summed E-state index contributed by atoms with van der Waals surface area (Å²) in [4.78, 5) is 14.7. The van der Waals surface area contributed by atoms with Crippen LogP contribution in [0.5, 0.6) is 0 Å². The molecule has 1 aromatic carbocycles. The molecule has 0 unspecified atom stereocenters. The Bertz CT molecular complexity index is 494. The minimum Gasteiger partial charge on any atom is -0.381 e. The lowest BCUT2D eigenvalue weighted by Gasteiger charge is -2.26. The Labute approximate surface area is 127 Å². The van der Waals surface area contributed by atoms with Gasteiger partial charge in [-0.1, -0.05) is 11.6 Å². The maximum absolute atomic E-state index is 12.5. The fraction of sp³-hybridized carbons (Fsp3) is 0.588. The average molecular weight is 290 g/mol. The quantitative estimate of drug-likeness (QED) is 0.906. The van der Waals surface area contributed by atoms with Crippen LogP contribution in [0.15, 0.2) is 18.2 Å². The van der Waals surface area contributed by atoms with Gasteiger partial charge in [-0.25, -0.2) is 0 Å². The molecule has 116 valence electrons. The summed E-state index contributed by atoms with van der Waals surface area (Å²) in [5.74, 6) is 0.457. The summed E-state index contributed by atoms with van der Waals surface area (Å²) in [7, 11) is 2.02. The number of aryl methyl sites for hydroxylation is 1. The van der Waals surface area contributed by atoms with Crippen LogP contribution in [0.4, 0.5) is 5.69 Å². The van der Waals surface area contributed by atoms with Crippen LogP contribution in [0.1, 0.15) is 36.2 Å². The van der Waals surface area contributed by atoms with Gasteiger partial charge < -0.3 is 15.0 Å². The summed E-state index contributed by atoms with van der Waals surface area (Å²) in [5.41, 5.74) is 2.84. The van der Waals surface area contributed by atoms with Gasteiger partial charge in [-0.15, -0.1) is 0 Å². The number of amides is 1. The molecular weight excluding hydrogens is 264 g/mol. The third kappa shape index (κ3) is 3.97. The van der Waals surface area contributed by atoms with Crippen molar-refractivity contribution in [2.24, 2.45) is 5.92 Å². The van der Waals surface area contributed by atoms with Crippen molar-refractivity contribution in [1.29, 1.82) is 0 Å². The van der Waals surface area contributed by atoms with E-state index in [9.17, 15) is 4.79 Å². The first-order chi connectivity index (χ1) is 9.99. The topological polar surface area (TPSA) is 41.6 Å². The molecule has 0 radical (unpaired) electrons. The zero-order valence-electron chi connectivity index (χ0n) is 13.5. The number of hydrogen-bond acceptors (Lipinski definition) is 3. The molecule has 1 heterocycles. The molecule has 0 bridgehead atoms. The Morgan fingerprint density at radius 1 is 1.48 bits per heavy atom. The average Bonchev–Trinajstić information content (AvgIpc) is 2.97. The lowest BCUT2D eigenvalue weighted by atomic mass is 10.1. The van der Waals surface area contributed by atoms with Crippen LogP contribution in [0, 0.1) is 12.8 Å². The van der Waals surface area contributed by atoms with Gasteiger partial charge in [0, 0.05) is 37.8 Å². The van der Waals surface area contributed by atoms with Crippen LogP contribution < -0.4 is 10.2 Å². The Kier molecular flexibility index (Phi) is 5.23. The molecule has 21 heavy (non-hydrogen) atoms. The molecule has 1 fully saturated rings. The minimum atomic E-state index is 0.00750. The molecule has 1 amide bonds. The van der Waals surface area contributed by atoms with Gasteiger partial charge in [0.05, 0.1) is 12.2 Å². The third-order valence-corrected chi connectivity index (χ3v) is 4.13. The summed E-state index contributed by atoms with van der Waals surface area (Å²) in [5, 5.41) is 3.06. The van der Waals surface area contributed by atoms with Crippen molar-refractivity contribution in [3.05, 3.63) is 29.3 Å². The lowest BCUT2D eigenvalue weighted by molar-refractivity contribution is 0.0945. The predicted molar refractivity (Wildman–Crippen MR) is 86.0 cm³/mol. The summed E-state index contributed by atoms with van der Waals surface area (Å²) >= 11 is 0. The highest BCUT2D eigenvalue weighted by Crippen LogP contribution is 2.23. The van der Waals surface area contributed by atoms with E-state index >= 15 is 0 Å². The predicted octanol–water partition coefficient (Wildman–Crippen LogP) is 2.61. The zero-order valence-corrected chi connectivity index (χ0v) is 13.5. The summed E-state index contributed by atoms with van der Waals surface area (Å²) in [6, 6.07) is 6.40. The first-order valence-electron chi connectivity index (χ1n) is 7.68. The molecule has 4 nitrogen and oxygen atoms in total. The SMILES string of the molecule is Cc1ccc(N(C)C(C)C)c(C(=O)NC[C@H]2CCOC2)c1. The molecule has 4 heteroatoms. The molecule has 1 aromatic rings. The van der Waals surface area contributed by atoms with E-state index in [1.54, 1.807) is 0 Å². The van der Waals surface area contributed by atoms with Gasteiger partial charge in [-0.2, -0.15) is 0 Å². The number of benzene rings is 1. The third-order valence-electron chi connectivity index (χ3n) is 4.13. The van der Waals surface area contributed by atoms with E-state index in [0.29, 0.717) is 18.5 Å². The van der Waals surface area contributed by atoms with Crippen molar-refractivity contribution >= 4 is 11.6 Å². The molecule has 0 aromatic heterocycles. The minimum absolute atomic E-state index is 0.00750. The number of carbonyl (C=O) groups is 1. The standard InChI is InChI=1S/C17H26N2O2/c1-12(2)19(4)16-6-5-13(3)9-15(16)17(20)18-10-14-7-8-21-11-14/h5-6,9,12,14H,7-8,10-11H2,1-4H3,(H,18,20)/t14-/m1/s1. The Morgan fingerprint density at radius 2 is 2.24 bits per heavy atom. The van der Waals surface area contributed by atoms with Gasteiger partial charge in [-0.05, 0) is 39.3 Å². The molecule has 1 aliphatic heterocycles. The highest BCUT2D eigenvalue weighted by molar-refractivity contribution is 6.00. The first-order valence-corrected chi connectivity index (χ1v) is 7.68. The largest absolute Gasteiger partial charge is 0.381 e. The molecule has 1 aliphatic rings. The van der Waals surface area contributed by atoms with Gasteiger partial charge >= 0.3 is 0 Å². The maximum atomic E-state index is 12.5. The number of nitrogens with one attached hydrogen (secondary N) is 1. The van der Waals surface area contributed by atoms with E-state index in [1.165, 1.54) is 0 Å². The van der Waals surface area contributed by atoms with Crippen molar-refractivity contribution in [2.45, 2.75) is 33.2 Å². The highest BCUT2D eigenvalue weighted by Gasteiger charge is 2.19. The normalized spacial score (nSPS) is 18.0. The van der Waals surface area contributed by atoms with Crippen molar-refractivity contribution in [2.75, 3.05) is 31.7 Å². The zero-order chi connectivity index (χ0) is 15.4. The number of carbonyl (C=O) groups excluding carboxylic acids is 1. The van der Waals surface area contributed by atoms with Gasteiger partial charge in [0.15, 0.2) is 0 Å². The number of rotatable bonds is 5. The van der Waals surface area contributed by atoms with E-state index in [4.69, 9.17) is 4.74 Å². The van der Waals surface area contributed by atoms with Crippen LogP contribution in [0.25, 0.3) is 0 Å². The second-order valence-corrected chi connectivity index (χ2v) is 6.16. The molecule has 0 spiro atoms. The Hall–Kier alpha value is -1.55. The summed E-state index contributed by atoms with van der Waals surface area (Å²) in [6.07, 6.45) is 1.03. The number of ether oxygens (including phenoxy) is 1. The van der Waals surface area contributed by atoms with E-state index in [-0.39, 0.29) is 5.91 Å². The van der Waals surface area contributed by atoms with Crippen LogP contribution in [-0.4, -0.2) is 38.8 Å². The van der Waals surface area contributed by atoms with Crippen LogP contribution in [0.3, 0.4) is 0 Å². The molecule has 1 saturated heterocycles. The van der Waals surface area contributed by atoms with Gasteiger partial charge in [-0.3, -0.25) is 4.79 Å². The number of hydrogen-bond donors (Lipinski definition) is 1.